The minimum Gasteiger partial charge on any atom is -0.487 e. The van der Waals surface area contributed by atoms with Crippen molar-refractivity contribution in [1.29, 1.82) is 0 Å². The molecule has 1 aromatic carbocycles. The SMILES string of the molecule is Cc1sc2cc(OCc3cc(C(F)(F)F)nn3C)cc(Cl)c2c1CC(=O)O. The first-order valence-corrected chi connectivity index (χ1v) is 8.92. The summed E-state index contributed by atoms with van der Waals surface area (Å²) in [6.45, 7) is 1.70. The third kappa shape index (κ3) is 4.03. The van der Waals surface area contributed by atoms with Crippen molar-refractivity contribution in [3.63, 3.8) is 0 Å². The topological polar surface area (TPSA) is 64.4 Å². The van der Waals surface area contributed by atoms with Crippen molar-refractivity contribution in [2.24, 2.45) is 7.05 Å². The summed E-state index contributed by atoms with van der Waals surface area (Å²) in [4.78, 5) is 11.9. The number of halogens is 4. The quantitative estimate of drug-likeness (QED) is 0.645. The molecule has 0 saturated carbocycles. The van der Waals surface area contributed by atoms with E-state index in [0.29, 0.717) is 21.7 Å². The Morgan fingerprint density at radius 3 is 2.67 bits per heavy atom. The number of aryl methyl sites for hydroxylation is 2. The molecule has 0 bridgehead atoms. The summed E-state index contributed by atoms with van der Waals surface area (Å²) in [6.07, 6.45) is -4.66. The number of ether oxygens (including phenoxy) is 1. The van der Waals surface area contributed by atoms with Crippen molar-refractivity contribution < 1.29 is 27.8 Å². The lowest BCUT2D eigenvalue weighted by Gasteiger charge is -2.08. The van der Waals surface area contributed by atoms with E-state index in [0.717, 1.165) is 20.3 Å². The fourth-order valence-corrected chi connectivity index (χ4v) is 4.23. The minimum atomic E-state index is -4.52. The molecule has 0 atom stereocenters. The fraction of sp³-hybridized carbons (Fsp3) is 0.294. The molecule has 1 N–H and O–H groups in total. The van der Waals surface area contributed by atoms with Crippen LogP contribution in [0.25, 0.3) is 10.1 Å². The predicted octanol–water partition coefficient (Wildman–Crippen LogP) is 4.82. The van der Waals surface area contributed by atoms with E-state index >= 15 is 0 Å². The van der Waals surface area contributed by atoms with Crippen molar-refractivity contribution in [1.82, 2.24) is 9.78 Å². The lowest BCUT2D eigenvalue weighted by atomic mass is 10.1. The zero-order chi connectivity index (χ0) is 19.9. The van der Waals surface area contributed by atoms with Crippen molar-refractivity contribution in [2.45, 2.75) is 26.1 Å². The highest BCUT2D eigenvalue weighted by atomic mass is 35.5. The third-order valence-corrected chi connectivity index (χ3v) is 5.39. The first-order chi connectivity index (χ1) is 12.6. The van der Waals surface area contributed by atoms with Crippen LogP contribution in [0, 0.1) is 6.92 Å². The molecule has 2 heterocycles. The molecule has 144 valence electrons. The number of carboxylic acid groups (broad SMARTS) is 1. The zero-order valence-electron chi connectivity index (χ0n) is 14.2. The van der Waals surface area contributed by atoms with Crippen LogP contribution >= 0.6 is 22.9 Å². The second-order valence-electron chi connectivity index (χ2n) is 5.92. The van der Waals surface area contributed by atoms with Gasteiger partial charge in [-0.3, -0.25) is 9.48 Å². The smallest absolute Gasteiger partial charge is 0.435 e. The number of alkyl halides is 3. The number of carbonyl (C=O) groups is 1. The van der Waals surface area contributed by atoms with Crippen LogP contribution in [-0.4, -0.2) is 20.9 Å². The molecule has 2 aromatic heterocycles. The van der Waals surface area contributed by atoms with Gasteiger partial charge in [-0.2, -0.15) is 18.3 Å². The van der Waals surface area contributed by atoms with E-state index in [1.807, 2.05) is 6.92 Å². The molecular weight excluding hydrogens is 405 g/mol. The van der Waals surface area contributed by atoms with E-state index in [2.05, 4.69) is 5.10 Å². The van der Waals surface area contributed by atoms with E-state index in [4.69, 9.17) is 21.4 Å². The van der Waals surface area contributed by atoms with Crippen LogP contribution < -0.4 is 4.74 Å². The number of nitrogens with zero attached hydrogens (tertiary/aromatic N) is 2. The van der Waals surface area contributed by atoms with Gasteiger partial charge in [0, 0.05) is 22.0 Å². The summed E-state index contributed by atoms with van der Waals surface area (Å²) in [6, 6.07) is 4.16. The summed E-state index contributed by atoms with van der Waals surface area (Å²) in [5, 5.41) is 13.5. The Balaban J connectivity index is 1.87. The molecule has 0 radical (unpaired) electrons. The molecule has 0 saturated heterocycles. The Kier molecular flexibility index (Phi) is 5.09. The summed E-state index contributed by atoms with van der Waals surface area (Å²) < 4.78 is 45.7. The van der Waals surface area contributed by atoms with Crippen molar-refractivity contribution in [2.75, 3.05) is 0 Å². The summed E-state index contributed by atoms with van der Waals surface area (Å²) >= 11 is 7.70. The Bertz CT molecular complexity index is 1030. The molecule has 0 spiro atoms. The van der Waals surface area contributed by atoms with Crippen molar-refractivity contribution in [3.05, 3.63) is 45.1 Å². The molecule has 3 rings (SSSR count). The second-order valence-corrected chi connectivity index (χ2v) is 7.58. The lowest BCUT2D eigenvalue weighted by molar-refractivity contribution is -0.141. The van der Waals surface area contributed by atoms with Gasteiger partial charge in [-0.1, -0.05) is 11.6 Å². The lowest BCUT2D eigenvalue weighted by Crippen LogP contribution is -2.06. The maximum absolute atomic E-state index is 12.7. The maximum Gasteiger partial charge on any atom is 0.435 e. The van der Waals surface area contributed by atoms with Gasteiger partial charge in [0.1, 0.15) is 12.4 Å². The zero-order valence-corrected chi connectivity index (χ0v) is 15.8. The van der Waals surface area contributed by atoms with Crippen molar-refractivity contribution >= 4 is 39.0 Å². The Morgan fingerprint density at radius 2 is 2.07 bits per heavy atom. The summed E-state index contributed by atoms with van der Waals surface area (Å²) in [7, 11) is 1.41. The molecule has 0 fully saturated rings. The monoisotopic (exact) mass is 418 g/mol. The molecule has 0 amide bonds. The fourth-order valence-electron chi connectivity index (χ4n) is 2.72. The van der Waals surface area contributed by atoms with Gasteiger partial charge in [0.05, 0.1) is 17.1 Å². The number of hydrogen-bond donors (Lipinski definition) is 1. The maximum atomic E-state index is 12.7. The average Bonchev–Trinajstić information content (AvgIpc) is 3.05. The van der Waals surface area contributed by atoms with Gasteiger partial charge >= 0.3 is 12.1 Å². The molecule has 5 nitrogen and oxygen atoms in total. The average molecular weight is 419 g/mol. The highest BCUT2D eigenvalue weighted by molar-refractivity contribution is 7.19. The number of rotatable bonds is 5. The normalized spacial score (nSPS) is 11.9. The van der Waals surface area contributed by atoms with Crippen LogP contribution in [-0.2, 0) is 31.0 Å². The van der Waals surface area contributed by atoms with Gasteiger partial charge in [0.25, 0.3) is 0 Å². The minimum absolute atomic E-state index is 0.117. The van der Waals surface area contributed by atoms with Crippen LogP contribution in [0.5, 0.6) is 5.75 Å². The van der Waals surface area contributed by atoms with Crippen LogP contribution in [0.4, 0.5) is 13.2 Å². The van der Waals surface area contributed by atoms with E-state index < -0.39 is 17.8 Å². The largest absolute Gasteiger partial charge is 0.487 e. The van der Waals surface area contributed by atoms with Crippen LogP contribution in [0.2, 0.25) is 5.02 Å². The van der Waals surface area contributed by atoms with Crippen LogP contribution in [0.3, 0.4) is 0 Å². The molecule has 0 aliphatic carbocycles. The standard InChI is InChI=1S/C17H14ClF3N2O3S/c1-8-11(6-15(24)25)16-12(18)4-10(5-13(16)27-8)26-7-9-3-14(17(19,20)21)22-23(9)2/h3-5H,6-7H2,1-2H3,(H,24,25). The van der Waals surface area contributed by atoms with Gasteiger partial charge in [0.15, 0.2) is 5.69 Å². The number of carboxylic acids is 1. The molecule has 0 aliphatic rings. The highest BCUT2D eigenvalue weighted by Crippen LogP contribution is 2.39. The number of aliphatic carboxylic acids is 1. The van der Waals surface area contributed by atoms with Crippen LogP contribution in [0.1, 0.15) is 21.8 Å². The number of benzene rings is 1. The summed E-state index contributed by atoms with van der Waals surface area (Å²) in [5.74, 6) is -0.573. The van der Waals surface area contributed by atoms with Crippen molar-refractivity contribution in [3.8, 4) is 5.75 Å². The van der Waals surface area contributed by atoms with E-state index in [9.17, 15) is 18.0 Å². The van der Waals surface area contributed by atoms with Gasteiger partial charge in [-0.25, -0.2) is 0 Å². The van der Waals surface area contributed by atoms with Gasteiger partial charge in [0.2, 0.25) is 0 Å². The summed E-state index contributed by atoms with van der Waals surface area (Å²) in [5.41, 5.74) is -0.0720. The van der Waals surface area contributed by atoms with Gasteiger partial charge in [-0.05, 0) is 30.7 Å². The Labute approximate surface area is 160 Å². The Morgan fingerprint density at radius 1 is 1.37 bits per heavy atom. The first-order valence-electron chi connectivity index (χ1n) is 7.72. The first kappa shape index (κ1) is 19.5. The van der Waals surface area contributed by atoms with E-state index in [1.165, 1.54) is 24.5 Å². The molecular formula is C17H14ClF3N2O3S. The van der Waals surface area contributed by atoms with Crippen LogP contribution in [0.15, 0.2) is 18.2 Å². The van der Waals surface area contributed by atoms with Gasteiger partial charge in [-0.15, -0.1) is 11.3 Å². The molecule has 0 unspecified atom stereocenters. The molecule has 0 aliphatic heterocycles. The second kappa shape index (κ2) is 7.05. The number of aromatic nitrogens is 2. The predicted molar refractivity (Wildman–Crippen MR) is 95.5 cm³/mol. The molecule has 3 aromatic rings. The Hall–Kier alpha value is -2.26. The number of fused-ring (bicyclic) bond motifs is 1. The van der Waals surface area contributed by atoms with Gasteiger partial charge < -0.3 is 9.84 Å². The molecule has 27 heavy (non-hydrogen) atoms. The highest BCUT2D eigenvalue weighted by Gasteiger charge is 2.34. The third-order valence-electron chi connectivity index (χ3n) is 4.00. The van der Waals surface area contributed by atoms with E-state index in [1.54, 1.807) is 6.07 Å². The van der Waals surface area contributed by atoms with E-state index in [-0.39, 0.29) is 18.7 Å². The number of hydrogen-bond acceptors (Lipinski definition) is 4. The molecule has 10 heteroatoms. The number of thiophene rings is 1.